The molecule has 3 aromatic rings. The van der Waals surface area contributed by atoms with Gasteiger partial charge in [-0.1, -0.05) is 72.2 Å². The SMILES string of the molecule is CCCc1onc(-c2ccccc2)c1-c1ccc(C)cc1. The summed E-state index contributed by atoms with van der Waals surface area (Å²) in [5.41, 5.74) is 5.59. The molecule has 0 aliphatic heterocycles. The molecule has 2 nitrogen and oxygen atoms in total. The first-order valence-electron chi connectivity index (χ1n) is 7.40. The molecule has 0 aliphatic rings. The molecule has 2 heteroatoms. The van der Waals surface area contributed by atoms with Crippen molar-refractivity contribution in [2.45, 2.75) is 26.7 Å². The highest BCUT2D eigenvalue weighted by atomic mass is 16.5. The number of aryl methyl sites for hydroxylation is 2. The van der Waals surface area contributed by atoms with E-state index in [0.717, 1.165) is 35.4 Å². The van der Waals surface area contributed by atoms with Crippen LogP contribution >= 0.6 is 0 Å². The van der Waals surface area contributed by atoms with E-state index < -0.39 is 0 Å². The van der Waals surface area contributed by atoms with Gasteiger partial charge in [-0.2, -0.15) is 0 Å². The zero-order valence-electron chi connectivity index (χ0n) is 12.5. The molecule has 1 aromatic heterocycles. The number of nitrogens with zero attached hydrogens (tertiary/aromatic N) is 1. The summed E-state index contributed by atoms with van der Waals surface area (Å²) in [5, 5.41) is 4.33. The van der Waals surface area contributed by atoms with Crippen LogP contribution in [0.15, 0.2) is 59.1 Å². The fourth-order valence-electron chi connectivity index (χ4n) is 2.53. The number of hydrogen-bond acceptors (Lipinski definition) is 2. The van der Waals surface area contributed by atoms with Gasteiger partial charge in [0.05, 0.1) is 5.56 Å². The van der Waals surface area contributed by atoms with Crippen LogP contribution in [0.3, 0.4) is 0 Å². The van der Waals surface area contributed by atoms with Crippen molar-refractivity contribution in [3.63, 3.8) is 0 Å². The Morgan fingerprint density at radius 2 is 1.62 bits per heavy atom. The van der Waals surface area contributed by atoms with E-state index in [2.05, 4.69) is 55.4 Å². The van der Waals surface area contributed by atoms with Gasteiger partial charge in [-0.25, -0.2) is 0 Å². The maximum atomic E-state index is 5.63. The second kappa shape index (κ2) is 5.96. The average Bonchev–Trinajstić information content (AvgIpc) is 2.93. The minimum Gasteiger partial charge on any atom is -0.360 e. The lowest BCUT2D eigenvalue weighted by Gasteiger charge is -2.05. The lowest BCUT2D eigenvalue weighted by atomic mass is 9.97. The molecule has 2 aromatic carbocycles. The van der Waals surface area contributed by atoms with Crippen LogP contribution in [0.2, 0.25) is 0 Å². The van der Waals surface area contributed by atoms with E-state index in [4.69, 9.17) is 4.52 Å². The Morgan fingerprint density at radius 3 is 2.29 bits per heavy atom. The van der Waals surface area contributed by atoms with Crippen molar-refractivity contribution < 1.29 is 4.52 Å². The monoisotopic (exact) mass is 277 g/mol. The molecule has 106 valence electrons. The second-order valence-corrected chi connectivity index (χ2v) is 5.31. The summed E-state index contributed by atoms with van der Waals surface area (Å²) in [7, 11) is 0. The van der Waals surface area contributed by atoms with Crippen molar-refractivity contribution in [1.82, 2.24) is 5.16 Å². The van der Waals surface area contributed by atoms with Gasteiger partial charge in [-0.3, -0.25) is 0 Å². The predicted molar refractivity (Wildman–Crippen MR) is 86.1 cm³/mol. The minimum absolute atomic E-state index is 0.906. The van der Waals surface area contributed by atoms with Crippen molar-refractivity contribution in [3.05, 3.63) is 65.9 Å². The first-order valence-corrected chi connectivity index (χ1v) is 7.40. The van der Waals surface area contributed by atoms with Crippen molar-refractivity contribution in [1.29, 1.82) is 0 Å². The van der Waals surface area contributed by atoms with Gasteiger partial charge in [0.15, 0.2) is 0 Å². The molecular formula is C19H19NO. The third-order valence-electron chi connectivity index (χ3n) is 3.63. The highest BCUT2D eigenvalue weighted by Gasteiger charge is 2.18. The normalized spacial score (nSPS) is 10.8. The Bertz CT molecular complexity index is 711. The lowest BCUT2D eigenvalue weighted by molar-refractivity contribution is 0.385. The fourth-order valence-corrected chi connectivity index (χ4v) is 2.53. The molecule has 1 heterocycles. The molecule has 0 spiro atoms. The molecule has 0 bridgehead atoms. The van der Waals surface area contributed by atoms with E-state index in [9.17, 15) is 0 Å². The molecule has 3 rings (SSSR count). The Hall–Kier alpha value is -2.35. The quantitative estimate of drug-likeness (QED) is 0.649. The topological polar surface area (TPSA) is 26.0 Å². The molecular weight excluding hydrogens is 258 g/mol. The summed E-state index contributed by atoms with van der Waals surface area (Å²) in [6.45, 7) is 4.26. The summed E-state index contributed by atoms with van der Waals surface area (Å²) in [4.78, 5) is 0. The molecule has 0 radical (unpaired) electrons. The minimum atomic E-state index is 0.906. The molecule has 0 atom stereocenters. The summed E-state index contributed by atoms with van der Waals surface area (Å²) < 4.78 is 5.63. The van der Waals surface area contributed by atoms with Crippen molar-refractivity contribution in [2.24, 2.45) is 0 Å². The average molecular weight is 277 g/mol. The van der Waals surface area contributed by atoms with Gasteiger partial charge in [0, 0.05) is 12.0 Å². The highest BCUT2D eigenvalue weighted by molar-refractivity contribution is 5.82. The maximum absolute atomic E-state index is 5.63. The van der Waals surface area contributed by atoms with Crippen molar-refractivity contribution in [2.75, 3.05) is 0 Å². The fraction of sp³-hybridized carbons (Fsp3) is 0.211. The molecule has 0 saturated carbocycles. The Morgan fingerprint density at radius 1 is 0.905 bits per heavy atom. The van der Waals surface area contributed by atoms with Gasteiger partial charge in [0.25, 0.3) is 0 Å². The zero-order valence-corrected chi connectivity index (χ0v) is 12.5. The van der Waals surface area contributed by atoms with E-state index in [-0.39, 0.29) is 0 Å². The number of rotatable bonds is 4. The van der Waals surface area contributed by atoms with Gasteiger partial charge >= 0.3 is 0 Å². The van der Waals surface area contributed by atoms with Gasteiger partial charge in [-0.05, 0) is 18.9 Å². The molecule has 0 amide bonds. The van der Waals surface area contributed by atoms with Gasteiger partial charge in [-0.15, -0.1) is 0 Å². The standard InChI is InChI=1S/C19H19NO/c1-3-7-17-18(15-12-10-14(2)11-13-15)19(20-21-17)16-8-5-4-6-9-16/h4-6,8-13H,3,7H2,1-2H3. The third-order valence-corrected chi connectivity index (χ3v) is 3.63. The van der Waals surface area contributed by atoms with E-state index in [1.807, 2.05) is 18.2 Å². The zero-order chi connectivity index (χ0) is 14.7. The Kier molecular flexibility index (Phi) is 3.87. The predicted octanol–water partition coefficient (Wildman–Crippen LogP) is 5.27. The number of aromatic nitrogens is 1. The first-order chi connectivity index (χ1) is 10.3. The smallest absolute Gasteiger partial charge is 0.145 e. The largest absolute Gasteiger partial charge is 0.360 e. The van der Waals surface area contributed by atoms with Gasteiger partial charge in [0.2, 0.25) is 0 Å². The molecule has 21 heavy (non-hydrogen) atoms. The summed E-state index contributed by atoms with van der Waals surface area (Å²) >= 11 is 0. The van der Waals surface area contributed by atoms with E-state index in [1.54, 1.807) is 0 Å². The van der Waals surface area contributed by atoms with Crippen LogP contribution < -0.4 is 0 Å². The molecule has 0 saturated heterocycles. The van der Waals surface area contributed by atoms with Crippen LogP contribution in [0.4, 0.5) is 0 Å². The number of hydrogen-bond donors (Lipinski definition) is 0. The molecule has 0 unspecified atom stereocenters. The van der Waals surface area contributed by atoms with Gasteiger partial charge in [0.1, 0.15) is 11.5 Å². The summed E-state index contributed by atoms with van der Waals surface area (Å²) in [5.74, 6) is 0.972. The lowest BCUT2D eigenvalue weighted by Crippen LogP contribution is -1.87. The van der Waals surface area contributed by atoms with E-state index in [0.29, 0.717) is 0 Å². The van der Waals surface area contributed by atoms with Crippen LogP contribution in [0.5, 0.6) is 0 Å². The second-order valence-electron chi connectivity index (χ2n) is 5.31. The molecule has 0 N–H and O–H groups in total. The summed E-state index contributed by atoms with van der Waals surface area (Å²) in [6.07, 6.45) is 1.95. The Balaban J connectivity index is 2.16. The third kappa shape index (κ3) is 2.75. The van der Waals surface area contributed by atoms with Crippen LogP contribution in [-0.4, -0.2) is 5.16 Å². The van der Waals surface area contributed by atoms with E-state index in [1.165, 1.54) is 11.1 Å². The molecule has 0 fully saturated rings. The first kappa shape index (κ1) is 13.6. The van der Waals surface area contributed by atoms with Gasteiger partial charge < -0.3 is 4.52 Å². The van der Waals surface area contributed by atoms with Crippen molar-refractivity contribution >= 4 is 0 Å². The summed E-state index contributed by atoms with van der Waals surface area (Å²) in [6, 6.07) is 18.8. The molecule has 0 aliphatic carbocycles. The Labute approximate surface area is 125 Å². The van der Waals surface area contributed by atoms with Crippen molar-refractivity contribution in [3.8, 4) is 22.4 Å². The van der Waals surface area contributed by atoms with Crippen LogP contribution in [0.25, 0.3) is 22.4 Å². The highest BCUT2D eigenvalue weighted by Crippen LogP contribution is 2.35. The van der Waals surface area contributed by atoms with Crippen LogP contribution in [0, 0.1) is 6.92 Å². The maximum Gasteiger partial charge on any atom is 0.145 e. The number of benzene rings is 2. The van der Waals surface area contributed by atoms with Crippen LogP contribution in [0.1, 0.15) is 24.7 Å². The van der Waals surface area contributed by atoms with E-state index >= 15 is 0 Å². The van der Waals surface area contributed by atoms with Crippen LogP contribution in [-0.2, 0) is 6.42 Å².